The van der Waals surface area contributed by atoms with Crippen LogP contribution in [-0.4, -0.2) is 53.5 Å². The number of halogens is 1. The molecule has 0 saturated carbocycles. The highest BCUT2D eigenvalue weighted by Crippen LogP contribution is 2.24. The summed E-state index contributed by atoms with van der Waals surface area (Å²) in [4.78, 5) is 25.8. The number of hydrogen-bond donors (Lipinski definition) is 2. The summed E-state index contributed by atoms with van der Waals surface area (Å²) in [6.07, 6.45) is 4.22. The Balaban J connectivity index is 1.07. The fourth-order valence-electron chi connectivity index (χ4n) is 5.06. The minimum Gasteiger partial charge on any atom is -0.356 e. The molecule has 174 valence electrons. The first-order valence-electron chi connectivity index (χ1n) is 12.1. The summed E-state index contributed by atoms with van der Waals surface area (Å²) < 4.78 is 0. The van der Waals surface area contributed by atoms with Gasteiger partial charge in [-0.05, 0) is 74.5 Å². The average molecular weight is 466 g/mol. The van der Waals surface area contributed by atoms with E-state index >= 15 is 0 Å². The largest absolute Gasteiger partial charge is 0.356 e. The number of rotatable bonds is 6. The van der Waals surface area contributed by atoms with Crippen molar-refractivity contribution in [2.75, 3.05) is 37.6 Å². The molecular formula is C26H32ClN5O. The number of likely N-dealkylation sites (tertiary alicyclic amines) is 1. The van der Waals surface area contributed by atoms with E-state index in [9.17, 15) is 4.79 Å². The molecule has 0 aliphatic carbocycles. The molecule has 0 unspecified atom stereocenters. The highest BCUT2D eigenvalue weighted by Gasteiger charge is 2.28. The van der Waals surface area contributed by atoms with Gasteiger partial charge >= 0.3 is 0 Å². The molecule has 0 radical (unpaired) electrons. The molecule has 0 spiro atoms. The fourth-order valence-corrected chi connectivity index (χ4v) is 5.18. The number of carbonyl (C=O) groups excluding carboxylic acids is 1. The molecule has 33 heavy (non-hydrogen) atoms. The number of imidazole rings is 1. The molecule has 1 amide bonds. The third-order valence-corrected chi connectivity index (χ3v) is 7.31. The summed E-state index contributed by atoms with van der Waals surface area (Å²) in [5.74, 6) is 1.66. The normalized spacial score (nSPS) is 20.3. The van der Waals surface area contributed by atoms with Gasteiger partial charge in [-0.2, -0.15) is 0 Å². The van der Waals surface area contributed by atoms with Crippen LogP contribution in [0.3, 0.4) is 0 Å². The van der Waals surface area contributed by atoms with Gasteiger partial charge in [-0.15, -0.1) is 0 Å². The van der Waals surface area contributed by atoms with Crippen LogP contribution in [0.2, 0.25) is 5.02 Å². The zero-order valence-electron chi connectivity index (χ0n) is 19.0. The van der Waals surface area contributed by atoms with Crippen molar-refractivity contribution in [3.05, 3.63) is 59.1 Å². The van der Waals surface area contributed by atoms with Crippen LogP contribution in [0.4, 0.5) is 5.95 Å². The number of carbonyl (C=O) groups is 1. The first kappa shape index (κ1) is 22.2. The van der Waals surface area contributed by atoms with Gasteiger partial charge in [-0.25, -0.2) is 4.98 Å². The van der Waals surface area contributed by atoms with E-state index in [1.165, 1.54) is 5.56 Å². The molecule has 2 aliphatic rings. The van der Waals surface area contributed by atoms with E-state index in [4.69, 9.17) is 16.6 Å². The van der Waals surface area contributed by atoms with Crippen molar-refractivity contribution in [1.82, 2.24) is 20.2 Å². The van der Waals surface area contributed by atoms with Crippen molar-refractivity contribution in [2.24, 2.45) is 11.8 Å². The lowest BCUT2D eigenvalue weighted by molar-refractivity contribution is -0.125. The molecule has 0 bridgehead atoms. The Labute approximate surface area is 200 Å². The lowest BCUT2D eigenvalue weighted by Gasteiger charge is -2.34. The second kappa shape index (κ2) is 10.1. The zero-order valence-corrected chi connectivity index (χ0v) is 19.7. The smallest absolute Gasteiger partial charge is 0.224 e. The van der Waals surface area contributed by atoms with Crippen LogP contribution in [0.5, 0.6) is 0 Å². The minimum absolute atomic E-state index is 0.0250. The Hall–Kier alpha value is -2.57. The van der Waals surface area contributed by atoms with Gasteiger partial charge in [0.25, 0.3) is 0 Å². The molecule has 5 rings (SSSR count). The molecule has 1 aromatic heterocycles. The van der Waals surface area contributed by atoms with Crippen molar-refractivity contribution in [1.29, 1.82) is 0 Å². The third kappa shape index (κ3) is 5.50. The molecule has 3 heterocycles. The Bertz CT molecular complexity index is 1040. The van der Waals surface area contributed by atoms with Crippen LogP contribution in [0.25, 0.3) is 11.0 Å². The van der Waals surface area contributed by atoms with Crippen LogP contribution < -0.4 is 10.2 Å². The number of amides is 1. The van der Waals surface area contributed by atoms with Gasteiger partial charge in [0.05, 0.1) is 17.0 Å². The molecule has 6 nitrogen and oxygen atoms in total. The maximum atomic E-state index is 12.9. The van der Waals surface area contributed by atoms with E-state index < -0.39 is 0 Å². The standard InChI is InChI=1S/C26H32ClN5O/c27-22-9-7-20(8-10-22)17-31-14-11-19(12-15-31)16-28-25(33)21-4-3-13-32(18-21)26-29-23-5-1-2-6-24(23)30-26/h1-2,5-10,19,21H,3-4,11-18H2,(H,28,33)(H,29,30)/t21-/m0/s1. The Morgan fingerprint density at radius 2 is 1.85 bits per heavy atom. The summed E-state index contributed by atoms with van der Waals surface area (Å²) in [6, 6.07) is 16.2. The van der Waals surface area contributed by atoms with Crippen LogP contribution >= 0.6 is 11.6 Å². The second-order valence-corrected chi connectivity index (χ2v) is 9.89. The summed E-state index contributed by atoms with van der Waals surface area (Å²) in [7, 11) is 0. The number of piperidine rings is 2. The van der Waals surface area contributed by atoms with Gasteiger partial charge in [0.15, 0.2) is 0 Å². The average Bonchev–Trinajstić information content (AvgIpc) is 3.29. The highest BCUT2D eigenvalue weighted by molar-refractivity contribution is 6.30. The monoisotopic (exact) mass is 465 g/mol. The first-order valence-corrected chi connectivity index (χ1v) is 12.5. The molecule has 7 heteroatoms. The number of anilines is 1. The molecule has 2 fully saturated rings. The topological polar surface area (TPSA) is 64.3 Å². The number of aromatic nitrogens is 2. The molecule has 2 saturated heterocycles. The highest BCUT2D eigenvalue weighted by atomic mass is 35.5. The van der Waals surface area contributed by atoms with Gasteiger partial charge in [0.2, 0.25) is 11.9 Å². The van der Waals surface area contributed by atoms with Gasteiger partial charge in [-0.1, -0.05) is 35.9 Å². The van der Waals surface area contributed by atoms with Gasteiger partial charge in [-0.3, -0.25) is 9.69 Å². The molecule has 2 N–H and O–H groups in total. The Morgan fingerprint density at radius 1 is 1.06 bits per heavy atom. The van der Waals surface area contributed by atoms with E-state index in [0.717, 1.165) is 87.0 Å². The number of benzene rings is 2. The number of H-pyrrole nitrogens is 1. The van der Waals surface area contributed by atoms with Crippen LogP contribution in [-0.2, 0) is 11.3 Å². The van der Waals surface area contributed by atoms with E-state index in [0.29, 0.717) is 5.92 Å². The maximum absolute atomic E-state index is 12.9. The van der Waals surface area contributed by atoms with Crippen LogP contribution in [0.1, 0.15) is 31.2 Å². The number of nitrogens with zero attached hydrogens (tertiary/aromatic N) is 3. The molecule has 2 aliphatic heterocycles. The maximum Gasteiger partial charge on any atom is 0.224 e. The molecule has 1 atom stereocenters. The van der Waals surface area contributed by atoms with Crippen LogP contribution in [0.15, 0.2) is 48.5 Å². The number of hydrogen-bond acceptors (Lipinski definition) is 4. The zero-order chi connectivity index (χ0) is 22.6. The Morgan fingerprint density at radius 3 is 2.64 bits per heavy atom. The number of para-hydroxylation sites is 2. The second-order valence-electron chi connectivity index (χ2n) is 9.45. The van der Waals surface area contributed by atoms with Gasteiger partial charge < -0.3 is 15.2 Å². The lowest BCUT2D eigenvalue weighted by Crippen LogP contribution is -2.45. The predicted octanol–water partition coefficient (Wildman–Crippen LogP) is 4.46. The quantitative estimate of drug-likeness (QED) is 0.564. The first-order chi connectivity index (χ1) is 16.1. The number of aromatic amines is 1. The Kier molecular flexibility index (Phi) is 6.83. The van der Waals surface area contributed by atoms with Crippen molar-refractivity contribution in [3.8, 4) is 0 Å². The summed E-state index contributed by atoms with van der Waals surface area (Å²) in [5.41, 5.74) is 3.32. The van der Waals surface area contributed by atoms with Gasteiger partial charge in [0.1, 0.15) is 0 Å². The minimum atomic E-state index is 0.0250. The van der Waals surface area contributed by atoms with Crippen molar-refractivity contribution in [3.63, 3.8) is 0 Å². The number of fused-ring (bicyclic) bond motifs is 1. The van der Waals surface area contributed by atoms with E-state index in [1.807, 2.05) is 36.4 Å². The van der Waals surface area contributed by atoms with Gasteiger partial charge in [0, 0.05) is 31.2 Å². The fraction of sp³-hybridized carbons (Fsp3) is 0.462. The molecule has 3 aromatic rings. The van der Waals surface area contributed by atoms with E-state index in [-0.39, 0.29) is 11.8 Å². The summed E-state index contributed by atoms with van der Waals surface area (Å²) >= 11 is 5.99. The summed E-state index contributed by atoms with van der Waals surface area (Å²) in [6.45, 7) is 5.57. The third-order valence-electron chi connectivity index (χ3n) is 7.06. The van der Waals surface area contributed by atoms with Crippen molar-refractivity contribution in [2.45, 2.75) is 32.2 Å². The number of nitrogens with one attached hydrogen (secondary N) is 2. The van der Waals surface area contributed by atoms with Crippen molar-refractivity contribution < 1.29 is 4.79 Å². The lowest BCUT2D eigenvalue weighted by atomic mass is 9.94. The SMILES string of the molecule is O=C(NCC1CCN(Cc2ccc(Cl)cc2)CC1)[C@H]1CCCN(c2nc3ccccc3[nH]2)C1. The predicted molar refractivity (Wildman–Crippen MR) is 133 cm³/mol. The molecule has 2 aromatic carbocycles. The van der Waals surface area contributed by atoms with E-state index in [2.05, 4.69) is 32.2 Å². The van der Waals surface area contributed by atoms with E-state index in [1.54, 1.807) is 0 Å². The summed E-state index contributed by atoms with van der Waals surface area (Å²) in [5, 5.41) is 4.05. The van der Waals surface area contributed by atoms with Crippen LogP contribution in [0, 0.1) is 11.8 Å². The molecular weight excluding hydrogens is 434 g/mol. The van der Waals surface area contributed by atoms with Crippen molar-refractivity contribution >= 4 is 34.5 Å².